The highest BCUT2D eigenvalue weighted by Crippen LogP contribution is 2.39. The Kier molecular flexibility index (Phi) is 5.51. The van der Waals surface area contributed by atoms with Crippen LogP contribution in [0.25, 0.3) is 0 Å². The third-order valence-electron chi connectivity index (χ3n) is 4.63. The summed E-state index contributed by atoms with van der Waals surface area (Å²) in [5.41, 5.74) is 1.94. The Morgan fingerprint density at radius 1 is 1.33 bits per heavy atom. The third-order valence-corrected chi connectivity index (χ3v) is 4.99. The van der Waals surface area contributed by atoms with Crippen molar-refractivity contribution in [3.8, 4) is 0 Å². The second kappa shape index (κ2) is 7.68. The Balaban J connectivity index is 1.98. The van der Waals surface area contributed by atoms with Gasteiger partial charge >= 0.3 is 5.97 Å². The minimum atomic E-state index is -0.288. The van der Waals surface area contributed by atoms with Crippen molar-refractivity contribution in [2.75, 3.05) is 13.2 Å². The number of nitrogens with zero attached hydrogens (tertiary/aromatic N) is 3. The lowest BCUT2D eigenvalue weighted by Gasteiger charge is -2.27. The van der Waals surface area contributed by atoms with Gasteiger partial charge in [0, 0.05) is 24.1 Å². The molecule has 3 rings (SSSR count). The van der Waals surface area contributed by atoms with E-state index in [0.717, 1.165) is 11.3 Å². The van der Waals surface area contributed by atoms with Gasteiger partial charge in [-0.1, -0.05) is 6.07 Å². The minimum absolute atomic E-state index is 0.0305. The van der Waals surface area contributed by atoms with E-state index in [0.29, 0.717) is 11.7 Å². The van der Waals surface area contributed by atoms with Gasteiger partial charge in [-0.3, -0.25) is 9.78 Å². The lowest BCUT2D eigenvalue weighted by Crippen LogP contribution is -2.35. The van der Waals surface area contributed by atoms with Crippen LogP contribution in [0.4, 0.5) is 0 Å². The summed E-state index contributed by atoms with van der Waals surface area (Å²) in [6.45, 7) is 8.72. The molecule has 1 aliphatic heterocycles. The molecule has 7 heteroatoms. The van der Waals surface area contributed by atoms with Gasteiger partial charge in [0.15, 0.2) is 5.11 Å². The van der Waals surface area contributed by atoms with Crippen molar-refractivity contribution in [1.82, 2.24) is 19.8 Å². The molecule has 3 heterocycles. The Morgan fingerprint density at radius 2 is 2.11 bits per heavy atom. The number of pyridine rings is 1. The number of thiocarbonyl (C=S) groups is 1. The summed E-state index contributed by atoms with van der Waals surface area (Å²) in [7, 11) is 0. The first-order chi connectivity index (χ1) is 12.8. The molecule has 0 amide bonds. The molecular formula is C20H26N4O2S. The predicted octanol–water partition coefficient (Wildman–Crippen LogP) is 3.17. The summed E-state index contributed by atoms with van der Waals surface area (Å²) >= 11 is 5.55. The summed E-state index contributed by atoms with van der Waals surface area (Å²) in [4.78, 5) is 18.6. The van der Waals surface area contributed by atoms with Crippen LogP contribution in [0.15, 0.2) is 42.9 Å². The molecular weight excluding hydrogens is 360 g/mol. The Bertz CT molecular complexity index is 813. The number of rotatable bonds is 5. The zero-order valence-corrected chi connectivity index (χ0v) is 17.0. The monoisotopic (exact) mass is 386 g/mol. The smallest absolute Gasteiger partial charge is 0.325 e. The summed E-state index contributed by atoms with van der Waals surface area (Å²) in [5.74, 6) is -0.288. The SMILES string of the molecule is CCOC(=O)CN1C(=S)N[C@H](c2ccccn2)[C@@H]1c1ccn(C(C)(C)C)c1. The lowest BCUT2D eigenvalue weighted by atomic mass is 9.99. The molecule has 1 fully saturated rings. The van der Waals surface area contributed by atoms with Gasteiger partial charge in [-0.05, 0) is 63.7 Å². The number of carbonyl (C=O) groups is 1. The van der Waals surface area contributed by atoms with Gasteiger partial charge < -0.3 is 19.5 Å². The largest absolute Gasteiger partial charge is 0.465 e. The fourth-order valence-corrected chi connectivity index (χ4v) is 3.60. The maximum Gasteiger partial charge on any atom is 0.325 e. The maximum absolute atomic E-state index is 12.2. The van der Waals surface area contributed by atoms with Gasteiger partial charge in [0.05, 0.1) is 24.4 Å². The molecule has 2 aromatic rings. The van der Waals surface area contributed by atoms with Crippen LogP contribution in [0, 0.1) is 0 Å². The molecule has 0 aromatic carbocycles. The molecule has 0 radical (unpaired) electrons. The van der Waals surface area contributed by atoms with Crippen LogP contribution in [0.2, 0.25) is 0 Å². The first-order valence-corrected chi connectivity index (χ1v) is 9.54. The van der Waals surface area contributed by atoms with Crippen LogP contribution in [0.1, 0.15) is 51.0 Å². The molecule has 0 saturated carbocycles. The third kappa shape index (κ3) is 4.13. The van der Waals surface area contributed by atoms with Crippen molar-refractivity contribution in [3.05, 3.63) is 54.1 Å². The van der Waals surface area contributed by atoms with Crippen LogP contribution in [-0.2, 0) is 15.1 Å². The summed E-state index contributed by atoms with van der Waals surface area (Å²) in [6.07, 6.45) is 5.95. The van der Waals surface area contributed by atoms with Gasteiger partial charge in [-0.2, -0.15) is 0 Å². The number of hydrogen-bond acceptors (Lipinski definition) is 4. The van der Waals surface area contributed by atoms with Gasteiger partial charge in [-0.25, -0.2) is 0 Å². The minimum Gasteiger partial charge on any atom is -0.465 e. The van der Waals surface area contributed by atoms with Crippen LogP contribution in [0.5, 0.6) is 0 Å². The summed E-state index contributed by atoms with van der Waals surface area (Å²) in [6, 6.07) is 7.63. The van der Waals surface area contributed by atoms with Gasteiger partial charge in [0.2, 0.25) is 0 Å². The first-order valence-electron chi connectivity index (χ1n) is 9.13. The Hall–Kier alpha value is -2.41. The molecule has 1 saturated heterocycles. The Labute approximate surface area is 165 Å². The first kappa shape index (κ1) is 19.4. The van der Waals surface area contributed by atoms with E-state index in [9.17, 15) is 4.79 Å². The van der Waals surface area contributed by atoms with E-state index in [4.69, 9.17) is 17.0 Å². The van der Waals surface area contributed by atoms with Crippen molar-refractivity contribution in [1.29, 1.82) is 0 Å². The number of hydrogen-bond donors (Lipinski definition) is 1. The average molecular weight is 387 g/mol. The van der Waals surface area contributed by atoms with E-state index in [2.05, 4.69) is 54.1 Å². The predicted molar refractivity (Wildman–Crippen MR) is 108 cm³/mol. The van der Waals surface area contributed by atoms with Crippen LogP contribution in [0.3, 0.4) is 0 Å². The van der Waals surface area contributed by atoms with Crippen molar-refractivity contribution in [3.63, 3.8) is 0 Å². The summed E-state index contributed by atoms with van der Waals surface area (Å²) in [5, 5.41) is 3.88. The lowest BCUT2D eigenvalue weighted by molar-refractivity contribution is -0.143. The van der Waals surface area contributed by atoms with Crippen molar-refractivity contribution in [2.45, 2.75) is 45.3 Å². The highest BCUT2D eigenvalue weighted by Gasteiger charge is 2.41. The van der Waals surface area contributed by atoms with E-state index < -0.39 is 0 Å². The van der Waals surface area contributed by atoms with E-state index in [-0.39, 0.29) is 30.1 Å². The second-order valence-corrected chi connectivity index (χ2v) is 7.97. The highest BCUT2D eigenvalue weighted by atomic mass is 32.1. The number of ether oxygens (including phenoxy) is 1. The molecule has 27 heavy (non-hydrogen) atoms. The number of esters is 1. The number of nitrogens with one attached hydrogen (secondary N) is 1. The van der Waals surface area contributed by atoms with Crippen LogP contribution >= 0.6 is 12.2 Å². The quantitative estimate of drug-likeness (QED) is 0.629. The molecule has 2 atom stereocenters. The molecule has 2 aromatic heterocycles. The zero-order chi connectivity index (χ0) is 19.6. The van der Waals surface area contributed by atoms with Gasteiger partial charge in [-0.15, -0.1) is 0 Å². The normalized spacial score (nSPS) is 19.9. The molecule has 0 spiro atoms. The van der Waals surface area contributed by atoms with E-state index in [1.54, 1.807) is 13.1 Å². The molecule has 6 nitrogen and oxygen atoms in total. The van der Waals surface area contributed by atoms with Crippen molar-refractivity contribution in [2.24, 2.45) is 0 Å². The molecule has 144 valence electrons. The van der Waals surface area contributed by atoms with E-state index in [1.807, 2.05) is 23.1 Å². The van der Waals surface area contributed by atoms with E-state index in [1.165, 1.54) is 0 Å². The van der Waals surface area contributed by atoms with E-state index >= 15 is 0 Å². The van der Waals surface area contributed by atoms with Gasteiger partial charge in [0.25, 0.3) is 0 Å². The summed E-state index contributed by atoms with van der Waals surface area (Å²) < 4.78 is 7.32. The standard InChI is InChI=1S/C20H26N4O2S/c1-5-26-16(25)13-24-18(14-9-11-23(12-14)20(2,3)4)17(22-19(24)27)15-8-6-7-10-21-15/h6-12,17-18H,5,13H2,1-4H3,(H,22,27)/t17-,18+/m1/s1. The second-order valence-electron chi connectivity index (χ2n) is 7.58. The van der Waals surface area contributed by atoms with Crippen molar-refractivity contribution < 1.29 is 9.53 Å². The molecule has 0 bridgehead atoms. The molecule has 0 unspecified atom stereocenters. The molecule has 1 aliphatic rings. The topological polar surface area (TPSA) is 59.4 Å². The maximum atomic E-state index is 12.2. The fourth-order valence-electron chi connectivity index (χ4n) is 3.29. The van der Waals surface area contributed by atoms with Crippen molar-refractivity contribution >= 4 is 23.3 Å². The molecule has 0 aliphatic carbocycles. The molecule has 1 N–H and O–H groups in total. The Morgan fingerprint density at radius 3 is 2.70 bits per heavy atom. The zero-order valence-electron chi connectivity index (χ0n) is 16.2. The average Bonchev–Trinajstić information content (AvgIpc) is 3.21. The van der Waals surface area contributed by atoms with Gasteiger partial charge in [0.1, 0.15) is 6.54 Å². The highest BCUT2D eigenvalue weighted by molar-refractivity contribution is 7.80. The number of aromatic nitrogens is 2. The van der Waals surface area contributed by atoms with Crippen LogP contribution < -0.4 is 5.32 Å². The number of carbonyl (C=O) groups excluding carboxylic acids is 1. The fraction of sp³-hybridized carbons (Fsp3) is 0.450. The van der Waals surface area contributed by atoms with Crippen LogP contribution in [-0.4, -0.2) is 38.7 Å².